The highest BCUT2D eigenvalue weighted by atomic mass is 14.7. The van der Waals surface area contributed by atoms with Crippen molar-refractivity contribution in [1.29, 1.82) is 5.26 Å². The normalized spacial score (nSPS) is 10.8. The maximum absolute atomic E-state index is 9.20. The molecule has 0 aliphatic heterocycles. The number of pyridine rings is 1. The molecular formula is C15H16N2. The number of fused-ring (bicyclic) bond motifs is 1. The summed E-state index contributed by atoms with van der Waals surface area (Å²) in [6, 6.07) is 8.41. The molecule has 0 saturated heterocycles. The summed E-state index contributed by atoms with van der Waals surface area (Å²) in [6.45, 7) is 6.44. The minimum Gasteiger partial charge on any atom is -0.255 e. The predicted molar refractivity (Wildman–Crippen MR) is 69.9 cm³/mol. The molecule has 0 unspecified atom stereocenters. The zero-order valence-electron chi connectivity index (χ0n) is 10.5. The van der Waals surface area contributed by atoms with Crippen molar-refractivity contribution in [1.82, 2.24) is 4.98 Å². The van der Waals surface area contributed by atoms with Crippen molar-refractivity contribution in [2.75, 3.05) is 0 Å². The van der Waals surface area contributed by atoms with E-state index in [0.29, 0.717) is 11.5 Å². The number of aromatic nitrogens is 1. The van der Waals surface area contributed by atoms with Crippen LogP contribution in [0.4, 0.5) is 0 Å². The Morgan fingerprint density at radius 1 is 1.35 bits per heavy atom. The minimum absolute atomic E-state index is 0.444. The first-order valence-corrected chi connectivity index (χ1v) is 5.99. The van der Waals surface area contributed by atoms with Crippen LogP contribution in [0.2, 0.25) is 0 Å². The molecule has 86 valence electrons. The van der Waals surface area contributed by atoms with Gasteiger partial charge in [-0.25, -0.2) is 0 Å². The lowest BCUT2D eigenvalue weighted by Gasteiger charge is -2.11. The van der Waals surface area contributed by atoms with Gasteiger partial charge in [-0.05, 0) is 41.7 Å². The van der Waals surface area contributed by atoms with Crippen molar-refractivity contribution in [2.24, 2.45) is 0 Å². The molecule has 0 atom stereocenters. The number of nitrogens with zero attached hydrogens (tertiary/aromatic N) is 2. The van der Waals surface area contributed by atoms with Gasteiger partial charge in [-0.1, -0.05) is 20.8 Å². The summed E-state index contributed by atoms with van der Waals surface area (Å²) in [7, 11) is 0. The van der Waals surface area contributed by atoms with Crippen molar-refractivity contribution in [3.05, 3.63) is 41.1 Å². The second-order valence-electron chi connectivity index (χ2n) is 4.56. The van der Waals surface area contributed by atoms with Gasteiger partial charge < -0.3 is 0 Å². The fourth-order valence-electron chi connectivity index (χ4n) is 2.13. The van der Waals surface area contributed by atoms with Gasteiger partial charge >= 0.3 is 0 Å². The summed E-state index contributed by atoms with van der Waals surface area (Å²) < 4.78 is 0. The van der Waals surface area contributed by atoms with E-state index in [-0.39, 0.29) is 0 Å². The molecule has 2 heteroatoms. The van der Waals surface area contributed by atoms with Crippen LogP contribution in [0.25, 0.3) is 10.9 Å². The highest BCUT2D eigenvalue weighted by molar-refractivity contribution is 5.88. The number of hydrogen-bond acceptors (Lipinski definition) is 2. The van der Waals surface area contributed by atoms with E-state index >= 15 is 0 Å². The first kappa shape index (κ1) is 11.6. The van der Waals surface area contributed by atoms with E-state index in [0.717, 1.165) is 17.3 Å². The Hall–Kier alpha value is -1.88. The Kier molecular flexibility index (Phi) is 3.10. The van der Waals surface area contributed by atoms with E-state index in [2.05, 4.69) is 37.9 Å². The first-order valence-electron chi connectivity index (χ1n) is 5.99. The Balaban J connectivity index is 2.85. The highest BCUT2D eigenvalue weighted by Crippen LogP contribution is 2.27. The molecule has 2 nitrogen and oxygen atoms in total. The van der Waals surface area contributed by atoms with Gasteiger partial charge in [-0.2, -0.15) is 5.26 Å². The Morgan fingerprint density at radius 3 is 2.71 bits per heavy atom. The lowest BCUT2D eigenvalue weighted by Crippen LogP contribution is -1.95. The quantitative estimate of drug-likeness (QED) is 0.778. The number of hydrogen-bond donors (Lipinski definition) is 0. The molecule has 0 N–H and O–H groups in total. The van der Waals surface area contributed by atoms with Crippen molar-refractivity contribution in [2.45, 2.75) is 33.1 Å². The van der Waals surface area contributed by atoms with Crippen LogP contribution in [0.15, 0.2) is 24.4 Å². The average Bonchev–Trinajstić information content (AvgIpc) is 2.36. The lowest BCUT2D eigenvalue weighted by atomic mass is 9.95. The van der Waals surface area contributed by atoms with Crippen molar-refractivity contribution in [3.8, 4) is 6.07 Å². The lowest BCUT2D eigenvalue weighted by molar-refractivity contribution is 0.874. The Labute approximate surface area is 102 Å². The van der Waals surface area contributed by atoms with E-state index in [9.17, 15) is 5.26 Å². The van der Waals surface area contributed by atoms with Gasteiger partial charge in [0.25, 0.3) is 0 Å². The van der Waals surface area contributed by atoms with Gasteiger partial charge in [0.1, 0.15) is 6.07 Å². The maximum Gasteiger partial charge on any atom is 0.101 e. The molecule has 2 rings (SSSR count). The molecule has 17 heavy (non-hydrogen) atoms. The Bertz CT molecular complexity index is 592. The SMILES string of the molecule is CCc1cc(C#N)c2nccc(C(C)C)c2c1. The second-order valence-corrected chi connectivity index (χ2v) is 4.56. The van der Waals surface area contributed by atoms with Crippen LogP contribution < -0.4 is 0 Å². The summed E-state index contributed by atoms with van der Waals surface area (Å²) >= 11 is 0. The van der Waals surface area contributed by atoms with Gasteiger partial charge in [-0.15, -0.1) is 0 Å². The van der Waals surface area contributed by atoms with Gasteiger partial charge in [0.2, 0.25) is 0 Å². The van der Waals surface area contributed by atoms with E-state index in [1.54, 1.807) is 6.20 Å². The number of rotatable bonds is 2. The largest absolute Gasteiger partial charge is 0.255 e. The maximum atomic E-state index is 9.20. The minimum atomic E-state index is 0.444. The fourth-order valence-corrected chi connectivity index (χ4v) is 2.13. The van der Waals surface area contributed by atoms with Gasteiger partial charge in [-0.3, -0.25) is 4.98 Å². The average molecular weight is 224 g/mol. The molecule has 0 aliphatic carbocycles. The molecule has 0 aliphatic rings. The molecule has 0 spiro atoms. The molecule has 1 aromatic heterocycles. The van der Waals surface area contributed by atoms with Gasteiger partial charge in [0, 0.05) is 11.6 Å². The van der Waals surface area contributed by atoms with Gasteiger partial charge in [0.15, 0.2) is 0 Å². The van der Waals surface area contributed by atoms with Crippen LogP contribution in [0.5, 0.6) is 0 Å². The zero-order valence-corrected chi connectivity index (χ0v) is 10.5. The summed E-state index contributed by atoms with van der Waals surface area (Å²) in [4.78, 5) is 4.35. The molecular weight excluding hydrogens is 208 g/mol. The first-order chi connectivity index (χ1) is 8.17. The van der Waals surface area contributed by atoms with Crippen LogP contribution in [0.1, 0.15) is 43.4 Å². The van der Waals surface area contributed by atoms with Crippen LogP contribution in [0, 0.1) is 11.3 Å². The molecule has 0 saturated carbocycles. The summed E-state index contributed by atoms with van der Waals surface area (Å²) in [6.07, 6.45) is 2.74. The van der Waals surface area contributed by atoms with Crippen molar-refractivity contribution >= 4 is 10.9 Å². The topological polar surface area (TPSA) is 36.7 Å². The van der Waals surface area contributed by atoms with Crippen LogP contribution in [-0.4, -0.2) is 4.98 Å². The van der Waals surface area contributed by atoms with Crippen molar-refractivity contribution < 1.29 is 0 Å². The zero-order chi connectivity index (χ0) is 12.4. The summed E-state index contributed by atoms with van der Waals surface area (Å²) in [5, 5.41) is 10.3. The molecule has 0 amide bonds. The highest BCUT2D eigenvalue weighted by Gasteiger charge is 2.10. The third-order valence-corrected chi connectivity index (χ3v) is 3.09. The monoisotopic (exact) mass is 224 g/mol. The van der Waals surface area contributed by atoms with Crippen molar-refractivity contribution in [3.63, 3.8) is 0 Å². The molecule has 0 fully saturated rings. The van der Waals surface area contributed by atoms with Crippen LogP contribution in [0.3, 0.4) is 0 Å². The second kappa shape index (κ2) is 4.55. The molecule has 0 bridgehead atoms. The number of aryl methyl sites for hydroxylation is 1. The molecule has 2 aromatic rings. The smallest absolute Gasteiger partial charge is 0.101 e. The van der Waals surface area contributed by atoms with E-state index in [4.69, 9.17) is 0 Å². The summed E-state index contributed by atoms with van der Waals surface area (Å²) in [5.74, 6) is 0.444. The fraction of sp³-hybridized carbons (Fsp3) is 0.333. The van der Waals surface area contributed by atoms with E-state index in [1.165, 1.54) is 11.1 Å². The third kappa shape index (κ3) is 2.01. The Morgan fingerprint density at radius 2 is 2.12 bits per heavy atom. The molecule has 1 aromatic carbocycles. The van der Waals surface area contributed by atoms with Crippen LogP contribution in [-0.2, 0) is 6.42 Å². The number of benzene rings is 1. The molecule has 0 radical (unpaired) electrons. The predicted octanol–water partition coefficient (Wildman–Crippen LogP) is 3.79. The summed E-state index contributed by atoms with van der Waals surface area (Å²) in [5.41, 5.74) is 3.98. The van der Waals surface area contributed by atoms with Crippen LogP contribution >= 0.6 is 0 Å². The number of nitriles is 1. The van der Waals surface area contributed by atoms with E-state index in [1.807, 2.05) is 12.1 Å². The van der Waals surface area contributed by atoms with Gasteiger partial charge in [0.05, 0.1) is 11.1 Å². The van der Waals surface area contributed by atoms with E-state index < -0.39 is 0 Å². The third-order valence-electron chi connectivity index (χ3n) is 3.09. The standard InChI is InChI=1S/C15H16N2/c1-4-11-7-12(9-16)15-14(8-11)13(10(2)3)5-6-17-15/h5-8,10H,4H2,1-3H3. The molecule has 1 heterocycles.